The Morgan fingerprint density at radius 1 is 1.06 bits per heavy atom. The van der Waals surface area contributed by atoms with E-state index in [0.29, 0.717) is 29.9 Å². The Balaban J connectivity index is 1.72. The monoisotopic (exact) mass is 511 g/mol. The molecule has 2 aliphatic rings. The zero-order valence-corrected chi connectivity index (χ0v) is 20.5. The number of benzene rings is 3. The minimum Gasteiger partial charge on any atom is -0.478 e. The van der Waals surface area contributed by atoms with Crippen LogP contribution in [0.1, 0.15) is 23.2 Å². The summed E-state index contributed by atoms with van der Waals surface area (Å²) in [4.78, 5) is 15.7. The van der Waals surface area contributed by atoms with Crippen LogP contribution in [-0.2, 0) is 14.8 Å². The molecule has 3 aromatic rings. The molecule has 0 atom stereocenters. The van der Waals surface area contributed by atoms with Crippen LogP contribution in [0, 0.1) is 5.82 Å². The molecule has 1 fully saturated rings. The highest BCUT2D eigenvalue weighted by atomic mass is 32.2. The van der Waals surface area contributed by atoms with Crippen molar-refractivity contribution in [2.24, 2.45) is 0 Å². The molecule has 8 nitrogen and oxygen atoms in total. The third-order valence-corrected chi connectivity index (χ3v) is 8.18. The van der Waals surface area contributed by atoms with Crippen molar-refractivity contribution < 1.29 is 27.4 Å². The van der Waals surface area contributed by atoms with E-state index in [4.69, 9.17) is 4.74 Å². The maximum atomic E-state index is 14.2. The van der Waals surface area contributed by atoms with E-state index in [1.807, 2.05) is 41.3 Å². The summed E-state index contributed by atoms with van der Waals surface area (Å²) in [5, 5.41) is 9.47. The zero-order chi connectivity index (χ0) is 25.4. The molecule has 0 radical (unpaired) electrons. The molecule has 2 heterocycles. The summed E-state index contributed by atoms with van der Waals surface area (Å²) < 4.78 is 48.5. The number of carboxylic acid groups (broad SMARTS) is 1. The number of nitrogens with zero attached hydrogens (tertiary/aromatic N) is 2. The molecule has 1 saturated heterocycles. The smallest absolute Gasteiger partial charge is 0.338 e. The van der Waals surface area contributed by atoms with E-state index in [-0.39, 0.29) is 17.7 Å². The van der Waals surface area contributed by atoms with Gasteiger partial charge in [-0.1, -0.05) is 24.3 Å². The molecule has 0 amide bonds. The minimum absolute atomic E-state index is 0.0730. The number of anilines is 3. The number of halogens is 1. The molecule has 0 bridgehead atoms. The van der Waals surface area contributed by atoms with E-state index in [1.54, 1.807) is 13.2 Å². The molecule has 3 aromatic carbocycles. The molecule has 0 spiro atoms. The van der Waals surface area contributed by atoms with Crippen LogP contribution in [0.3, 0.4) is 0 Å². The van der Waals surface area contributed by atoms with Crippen molar-refractivity contribution in [3.8, 4) is 11.1 Å². The Kier molecular flexibility index (Phi) is 6.42. The van der Waals surface area contributed by atoms with Gasteiger partial charge in [-0.05, 0) is 54.8 Å². The number of carbonyl (C=O) groups is 1. The van der Waals surface area contributed by atoms with Gasteiger partial charge in [0.15, 0.2) is 0 Å². The van der Waals surface area contributed by atoms with Gasteiger partial charge in [0.05, 0.1) is 24.0 Å². The van der Waals surface area contributed by atoms with Crippen LogP contribution in [0.4, 0.5) is 21.5 Å². The van der Waals surface area contributed by atoms with Crippen LogP contribution in [0.5, 0.6) is 0 Å². The Bertz CT molecular complexity index is 1410. The van der Waals surface area contributed by atoms with Gasteiger partial charge in [-0.2, -0.15) is 4.72 Å². The molecule has 2 N–H and O–H groups in total. The fraction of sp³-hybridized carbons (Fsp3) is 0.269. The lowest BCUT2D eigenvalue weighted by molar-refractivity contribution is 0.0692. The number of sulfonamides is 1. The van der Waals surface area contributed by atoms with Crippen LogP contribution >= 0.6 is 0 Å². The fourth-order valence-electron chi connectivity index (χ4n) is 4.82. The second kappa shape index (κ2) is 9.53. The van der Waals surface area contributed by atoms with Crippen molar-refractivity contribution in [2.45, 2.75) is 23.8 Å². The summed E-state index contributed by atoms with van der Waals surface area (Å²) in [6, 6.07) is 16.7. The van der Waals surface area contributed by atoms with Gasteiger partial charge in [-0.15, -0.1) is 0 Å². The van der Waals surface area contributed by atoms with Crippen LogP contribution in [0.2, 0.25) is 0 Å². The van der Waals surface area contributed by atoms with Crippen molar-refractivity contribution >= 4 is 33.1 Å². The molecule has 5 rings (SSSR count). The lowest BCUT2D eigenvalue weighted by Crippen LogP contribution is -2.41. The van der Waals surface area contributed by atoms with Gasteiger partial charge in [0.25, 0.3) is 0 Å². The Labute approximate surface area is 209 Å². The maximum absolute atomic E-state index is 14.2. The van der Waals surface area contributed by atoms with E-state index < -0.39 is 27.4 Å². The predicted molar refractivity (Wildman–Crippen MR) is 135 cm³/mol. The van der Waals surface area contributed by atoms with Gasteiger partial charge in [0, 0.05) is 37.1 Å². The Morgan fingerprint density at radius 2 is 1.78 bits per heavy atom. The van der Waals surface area contributed by atoms with Crippen molar-refractivity contribution in [1.82, 2.24) is 4.72 Å². The second-order valence-corrected chi connectivity index (χ2v) is 10.6. The quantitative estimate of drug-likeness (QED) is 0.530. The number of fused-ring (bicyclic) bond motifs is 1. The topological polar surface area (TPSA) is 99.2 Å². The normalized spacial score (nSPS) is 17.6. The first-order valence-electron chi connectivity index (χ1n) is 11.6. The van der Waals surface area contributed by atoms with E-state index in [1.165, 1.54) is 12.1 Å². The first kappa shape index (κ1) is 24.2. The van der Waals surface area contributed by atoms with Gasteiger partial charge in [-0.3, -0.25) is 0 Å². The van der Waals surface area contributed by atoms with Crippen LogP contribution in [0.25, 0.3) is 11.1 Å². The average molecular weight is 512 g/mol. The van der Waals surface area contributed by atoms with Crippen LogP contribution in [-0.4, -0.2) is 52.5 Å². The third kappa shape index (κ3) is 4.43. The molecule has 0 aliphatic carbocycles. The molecule has 0 saturated carbocycles. The largest absolute Gasteiger partial charge is 0.478 e. The van der Waals surface area contributed by atoms with Gasteiger partial charge in [0.1, 0.15) is 10.7 Å². The SMILES string of the molecule is COC1CCN(c2cc3c(cc2-c2ccc(F)c(C(=O)O)c2)S(=O)(=O)NCN3c2ccccc2)CC1. The zero-order valence-electron chi connectivity index (χ0n) is 19.6. The first-order valence-corrected chi connectivity index (χ1v) is 13.1. The van der Waals surface area contributed by atoms with Gasteiger partial charge >= 0.3 is 5.97 Å². The second-order valence-electron chi connectivity index (χ2n) is 8.83. The first-order chi connectivity index (χ1) is 17.3. The predicted octanol–water partition coefficient (Wildman–Crippen LogP) is 4.19. The molecule has 10 heteroatoms. The van der Waals surface area contributed by atoms with Gasteiger partial charge in [0.2, 0.25) is 10.0 Å². The molecule has 0 aromatic heterocycles. The highest BCUT2D eigenvalue weighted by Crippen LogP contribution is 2.43. The molecule has 188 valence electrons. The van der Waals surface area contributed by atoms with Gasteiger partial charge < -0.3 is 19.6 Å². The lowest BCUT2D eigenvalue weighted by atomic mass is 9.97. The molecule has 0 unspecified atom stereocenters. The van der Waals surface area contributed by atoms with Crippen molar-refractivity contribution in [2.75, 3.05) is 36.7 Å². The van der Waals surface area contributed by atoms with Crippen molar-refractivity contribution in [1.29, 1.82) is 0 Å². The highest BCUT2D eigenvalue weighted by molar-refractivity contribution is 7.89. The number of carboxylic acids is 1. The van der Waals surface area contributed by atoms with Gasteiger partial charge in [-0.25, -0.2) is 17.6 Å². The van der Waals surface area contributed by atoms with E-state index in [2.05, 4.69) is 9.62 Å². The highest BCUT2D eigenvalue weighted by Gasteiger charge is 2.32. The third-order valence-electron chi connectivity index (χ3n) is 6.76. The van der Waals surface area contributed by atoms with Crippen LogP contribution in [0.15, 0.2) is 65.6 Å². The maximum Gasteiger partial charge on any atom is 0.338 e. The standard InChI is InChI=1S/C26H26FN3O5S/c1-35-19-9-11-29(12-10-19)23-15-24-25(14-20(23)17-7-8-22(27)21(13-17)26(31)32)36(33,34)28-16-30(24)18-5-3-2-4-6-18/h2-8,13-15,19,28H,9-12,16H2,1H3,(H,31,32). The number of aromatic carboxylic acids is 1. The average Bonchev–Trinajstić information content (AvgIpc) is 2.89. The summed E-state index contributed by atoms with van der Waals surface area (Å²) in [5.41, 5.74) is 2.58. The van der Waals surface area contributed by atoms with E-state index in [9.17, 15) is 22.7 Å². The number of rotatable bonds is 5. The number of piperidine rings is 1. The molecule has 2 aliphatic heterocycles. The number of hydrogen-bond acceptors (Lipinski definition) is 6. The number of hydrogen-bond donors (Lipinski definition) is 2. The number of nitrogens with one attached hydrogen (secondary N) is 1. The summed E-state index contributed by atoms with van der Waals surface area (Å²) >= 11 is 0. The molecular formula is C26H26FN3O5S. The van der Waals surface area contributed by atoms with Crippen molar-refractivity contribution in [3.05, 3.63) is 72.0 Å². The number of para-hydroxylation sites is 1. The molecule has 36 heavy (non-hydrogen) atoms. The number of methoxy groups -OCH3 is 1. The summed E-state index contributed by atoms with van der Waals surface area (Å²) in [6.45, 7) is 1.42. The van der Waals surface area contributed by atoms with E-state index >= 15 is 0 Å². The summed E-state index contributed by atoms with van der Waals surface area (Å²) in [6.07, 6.45) is 1.72. The lowest BCUT2D eigenvalue weighted by Gasteiger charge is -2.37. The van der Waals surface area contributed by atoms with Crippen LogP contribution < -0.4 is 14.5 Å². The van der Waals surface area contributed by atoms with Crippen molar-refractivity contribution in [3.63, 3.8) is 0 Å². The Hall–Kier alpha value is -3.47. The van der Waals surface area contributed by atoms with E-state index in [0.717, 1.165) is 30.3 Å². The fourth-order valence-corrected chi connectivity index (χ4v) is 5.99. The number of ether oxygens (including phenoxy) is 1. The molecular weight excluding hydrogens is 485 g/mol. The Morgan fingerprint density at radius 3 is 2.44 bits per heavy atom. The summed E-state index contributed by atoms with van der Waals surface area (Å²) in [5.74, 6) is -2.24. The minimum atomic E-state index is -3.83. The summed E-state index contributed by atoms with van der Waals surface area (Å²) in [7, 11) is -2.14.